The van der Waals surface area contributed by atoms with Crippen molar-refractivity contribution in [2.24, 2.45) is 0 Å². The molecule has 2 rings (SSSR count). The van der Waals surface area contributed by atoms with Crippen molar-refractivity contribution in [3.05, 3.63) is 52.7 Å². The van der Waals surface area contributed by atoms with Gasteiger partial charge in [-0.05, 0) is 23.8 Å². The van der Waals surface area contributed by atoms with Crippen molar-refractivity contribution in [1.82, 2.24) is 10.3 Å². The predicted molar refractivity (Wildman–Crippen MR) is 87.3 cm³/mol. The number of nitrogens with one attached hydrogen (secondary N) is 1. The summed E-state index contributed by atoms with van der Waals surface area (Å²) in [6.07, 6.45) is -3.70. The highest BCUT2D eigenvalue weighted by molar-refractivity contribution is 6.31. The molecule has 0 bridgehead atoms. The van der Waals surface area contributed by atoms with Crippen molar-refractivity contribution in [1.29, 1.82) is 0 Å². The van der Waals surface area contributed by atoms with Gasteiger partial charge in [-0.2, -0.15) is 13.2 Å². The Bertz CT molecular complexity index is 736. The Labute approximate surface area is 146 Å². The third-order valence-corrected chi connectivity index (χ3v) is 3.41. The van der Waals surface area contributed by atoms with Crippen molar-refractivity contribution in [3.63, 3.8) is 0 Å². The van der Waals surface area contributed by atoms with Gasteiger partial charge in [0.05, 0.1) is 18.5 Å². The number of hydrogen-bond acceptors (Lipinski definition) is 4. The molecule has 0 saturated carbocycles. The van der Waals surface area contributed by atoms with Gasteiger partial charge in [0.25, 0.3) is 0 Å². The van der Waals surface area contributed by atoms with Gasteiger partial charge in [-0.3, -0.25) is 4.79 Å². The lowest BCUT2D eigenvalue weighted by Crippen LogP contribution is -2.29. The Hall–Kier alpha value is -2.48. The standard InChI is InChI=1S/C16H15ClF3N3O2/c17-13-8-11(16(18,19)20)9-23-15(13)25-6-5-22-14(24)7-10-1-3-12(21)4-2-10/h1-4,8-9H,5-7,21H2,(H,22,24). The summed E-state index contributed by atoms with van der Waals surface area (Å²) in [5, 5.41) is 2.38. The summed E-state index contributed by atoms with van der Waals surface area (Å²) in [7, 11) is 0. The second kappa shape index (κ2) is 8.06. The minimum Gasteiger partial charge on any atom is -0.475 e. The fourth-order valence-electron chi connectivity index (χ4n) is 1.91. The molecule has 0 aliphatic rings. The van der Waals surface area contributed by atoms with E-state index in [1.807, 2.05) is 0 Å². The number of nitrogens with two attached hydrogens (primary N) is 1. The maximum atomic E-state index is 12.5. The van der Waals surface area contributed by atoms with Crippen LogP contribution in [0.4, 0.5) is 18.9 Å². The number of ether oxygens (including phenoxy) is 1. The van der Waals surface area contributed by atoms with E-state index in [2.05, 4.69) is 10.3 Å². The quantitative estimate of drug-likeness (QED) is 0.602. The van der Waals surface area contributed by atoms with Crippen LogP contribution in [0.2, 0.25) is 5.02 Å². The van der Waals surface area contributed by atoms with E-state index in [9.17, 15) is 18.0 Å². The van der Waals surface area contributed by atoms with E-state index < -0.39 is 11.7 Å². The second-order valence-electron chi connectivity index (χ2n) is 5.13. The highest BCUT2D eigenvalue weighted by Gasteiger charge is 2.31. The van der Waals surface area contributed by atoms with Crippen molar-refractivity contribution >= 4 is 23.2 Å². The first-order chi connectivity index (χ1) is 11.8. The molecule has 2 aromatic rings. The summed E-state index contributed by atoms with van der Waals surface area (Å²) in [6.45, 7) is 0.179. The van der Waals surface area contributed by atoms with Crippen molar-refractivity contribution in [2.45, 2.75) is 12.6 Å². The maximum absolute atomic E-state index is 12.5. The SMILES string of the molecule is Nc1ccc(CC(=O)NCCOc2ncc(C(F)(F)F)cc2Cl)cc1. The maximum Gasteiger partial charge on any atom is 0.417 e. The molecule has 1 aromatic carbocycles. The zero-order chi connectivity index (χ0) is 18.4. The molecule has 1 heterocycles. The summed E-state index contributed by atoms with van der Waals surface area (Å²) in [5.41, 5.74) is 6.02. The molecule has 25 heavy (non-hydrogen) atoms. The van der Waals surface area contributed by atoms with Crippen LogP contribution in [-0.4, -0.2) is 24.0 Å². The van der Waals surface area contributed by atoms with Gasteiger partial charge in [0, 0.05) is 11.9 Å². The molecule has 1 aromatic heterocycles. The number of pyridine rings is 1. The average molecular weight is 374 g/mol. The van der Waals surface area contributed by atoms with E-state index in [4.69, 9.17) is 22.1 Å². The van der Waals surface area contributed by atoms with E-state index in [0.717, 1.165) is 11.6 Å². The fraction of sp³-hybridized carbons (Fsp3) is 0.250. The van der Waals surface area contributed by atoms with Crippen LogP contribution in [-0.2, 0) is 17.4 Å². The molecule has 0 atom stereocenters. The van der Waals surface area contributed by atoms with E-state index in [0.29, 0.717) is 11.9 Å². The molecular weight excluding hydrogens is 359 g/mol. The van der Waals surface area contributed by atoms with Crippen LogP contribution < -0.4 is 15.8 Å². The van der Waals surface area contributed by atoms with Gasteiger partial charge in [0.1, 0.15) is 11.6 Å². The minimum atomic E-state index is -4.52. The lowest BCUT2D eigenvalue weighted by molar-refractivity contribution is -0.137. The van der Waals surface area contributed by atoms with Crippen LogP contribution in [0.5, 0.6) is 5.88 Å². The number of anilines is 1. The van der Waals surface area contributed by atoms with E-state index in [1.165, 1.54) is 0 Å². The first-order valence-electron chi connectivity index (χ1n) is 7.22. The number of nitrogen functional groups attached to an aromatic ring is 1. The number of carbonyl (C=O) groups excluding carboxylic acids is 1. The third kappa shape index (κ3) is 5.82. The summed E-state index contributed by atoms with van der Waals surface area (Å²) in [6, 6.07) is 7.63. The van der Waals surface area contributed by atoms with Crippen LogP contribution in [0.1, 0.15) is 11.1 Å². The molecular formula is C16H15ClF3N3O2. The van der Waals surface area contributed by atoms with E-state index in [-0.39, 0.29) is 36.4 Å². The van der Waals surface area contributed by atoms with Gasteiger partial charge < -0.3 is 15.8 Å². The lowest BCUT2D eigenvalue weighted by Gasteiger charge is -2.11. The number of hydrogen-bond donors (Lipinski definition) is 2. The van der Waals surface area contributed by atoms with Crippen molar-refractivity contribution < 1.29 is 22.7 Å². The van der Waals surface area contributed by atoms with Crippen LogP contribution in [0, 0.1) is 0 Å². The zero-order valence-electron chi connectivity index (χ0n) is 12.9. The first kappa shape index (κ1) is 18.9. The normalized spacial score (nSPS) is 11.2. The summed E-state index contributed by atoms with van der Waals surface area (Å²) >= 11 is 5.71. The molecule has 5 nitrogen and oxygen atoms in total. The number of rotatable bonds is 6. The number of amides is 1. The zero-order valence-corrected chi connectivity index (χ0v) is 13.7. The third-order valence-electron chi connectivity index (χ3n) is 3.14. The fourth-order valence-corrected chi connectivity index (χ4v) is 2.13. The number of carbonyl (C=O) groups is 1. The molecule has 0 aliphatic carbocycles. The van der Waals surface area contributed by atoms with Crippen LogP contribution in [0.25, 0.3) is 0 Å². The van der Waals surface area contributed by atoms with Crippen molar-refractivity contribution in [3.8, 4) is 5.88 Å². The number of alkyl halides is 3. The molecule has 0 aliphatic heterocycles. The van der Waals surface area contributed by atoms with Gasteiger partial charge in [0.15, 0.2) is 0 Å². The molecule has 0 spiro atoms. The van der Waals surface area contributed by atoms with E-state index in [1.54, 1.807) is 24.3 Å². The lowest BCUT2D eigenvalue weighted by atomic mass is 10.1. The molecule has 9 heteroatoms. The summed E-state index contributed by atoms with van der Waals surface area (Å²) < 4.78 is 42.7. The molecule has 0 radical (unpaired) electrons. The van der Waals surface area contributed by atoms with E-state index >= 15 is 0 Å². The molecule has 0 fully saturated rings. The highest BCUT2D eigenvalue weighted by atomic mass is 35.5. The van der Waals surface area contributed by atoms with Gasteiger partial charge in [0.2, 0.25) is 11.8 Å². The molecule has 0 unspecified atom stereocenters. The average Bonchev–Trinajstić information content (AvgIpc) is 2.54. The number of halogens is 4. The smallest absolute Gasteiger partial charge is 0.417 e. The van der Waals surface area contributed by atoms with Gasteiger partial charge in [-0.15, -0.1) is 0 Å². The van der Waals surface area contributed by atoms with Gasteiger partial charge >= 0.3 is 6.18 Å². The number of benzene rings is 1. The number of aromatic nitrogens is 1. The minimum absolute atomic E-state index is 0.0194. The van der Waals surface area contributed by atoms with Crippen LogP contribution in [0.15, 0.2) is 36.5 Å². The second-order valence-corrected chi connectivity index (χ2v) is 5.53. The first-order valence-corrected chi connectivity index (χ1v) is 7.60. The Morgan fingerprint density at radius 3 is 2.56 bits per heavy atom. The largest absolute Gasteiger partial charge is 0.475 e. The Kier molecular flexibility index (Phi) is 6.08. The van der Waals surface area contributed by atoms with Gasteiger partial charge in [-0.1, -0.05) is 23.7 Å². The molecule has 0 saturated heterocycles. The van der Waals surface area contributed by atoms with Crippen LogP contribution in [0.3, 0.4) is 0 Å². The molecule has 3 N–H and O–H groups in total. The summed E-state index contributed by atoms with van der Waals surface area (Å²) in [5.74, 6) is -0.345. The van der Waals surface area contributed by atoms with Gasteiger partial charge in [-0.25, -0.2) is 4.98 Å². The van der Waals surface area contributed by atoms with Crippen molar-refractivity contribution in [2.75, 3.05) is 18.9 Å². The Morgan fingerprint density at radius 2 is 1.96 bits per heavy atom. The van der Waals surface area contributed by atoms with Crippen LogP contribution >= 0.6 is 11.6 Å². The summed E-state index contributed by atoms with van der Waals surface area (Å²) in [4.78, 5) is 15.3. The molecule has 1 amide bonds. The molecule has 134 valence electrons. The highest BCUT2D eigenvalue weighted by Crippen LogP contribution is 2.32. The number of nitrogens with zero attached hydrogens (tertiary/aromatic N) is 1. The topological polar surface area (TPSA) is 77.2 Å². The predicted octanol–water partition coefficient (Wildman–Crippen LogP) is 3.07. The Morgan fingerprint density at radius 1 is 1.28 bits per heavy atom. The Balaban J connectivity index is 1.77. The monoisotopic (exact) mass is 373 g/mol.